The Morgan fingerprint density at radius 1 is 1.21 bits per heavy atom. The van der Waals surface area contributed by atoms with Crippen LogP contribution in [0, 0.1) is 17.2 Å². The number of nitrogens with zero attached hydrogens (tertiary/aromatic N) is 3. The van der Waals surface area contributed by atoms with Gasteiger partial charge in [-0.1, -0.05) is 0 Å². The molecule has 0 unspecified atom stereocenters. The maximum absolute atomic E-state index is 12.7. The van der Waals surface area contributed by atoms with Crippen molar-refractivity contribution in [3.05, 3.63) is 59.8 Å². The predicted molar refractivity (Wildman–Crippen MR) is 123 cm³/mol. The molecule has 0 radical (unpaired) electrons. The van der Waals surface area contributed by atoms with Gasteiger partial charge in [-0.2, -0.15) is 18.4 Å². The summed E-state index contributed by atoms with van der Waals surface area (Å²) < 4.78 is 43.8. The van der Waals surface area contributed by atoms with E-state index >= 15 is 0 Å². The number of nitrogens with one attached hydrogen (secondary N) is 1. The standard InChI is InChI=1S/C25H23F3N4O2/c1-2-34-20-7-8-22-21(13-20)23(17(14-29)15-30-22)32-11-9-16(10-12-32)24(33)31-19-5-3-18(4-6-19)25(26,27)28/h3-8,13,15-16H,2,9-12H2,1H3,(H,31,33). The summed E-state index contributed by atoms with van der Waals surface area (Å²) in [5, 5.41) is 13.2. The van der Waals surface area contributed by atoms with Crippen LogP contribution in [0.3, 0.4) is 0 Å². The highest BCUT2D eigenvalue weighted by atomic mass is 19.4. The first-order valence-corrected chi connectivity index (χ1v) is 11.0. The van der Waals surface area contributed by atoms with E-state index in [9.17, 15) is 23.2 Å². The van der Waals surface area contributed by atoms with E-state index in [4.69, 9.17) is 4.74 Å². The number of anilines is 2. The Hall–Kier alpha value is -3.80. The molecule has 0 spiro atoms. The highest BCUT2D eigenvalue weighted by molar-refractivity contribution is 5.96. The summed E-state index contributed by atoms with van der Waals surface area (Å²) in [6.45, 7) is 3.52. The molecule has 1 fully saturated rings. The number of hydrogen-bond acceptors (Lipinski definition) is 5. The van der Waals surface area contributed by atoms with Crippen LogP contribution in [-0.2, 0) is 11.0 Å². The molecular formula is C25H23F3N4O2. The molecule has 1 aliphatic rings. The van der Waals surface area contributed by atoms with Gasteiger partial charge >= 0.3 is 6.18 Å². The van der Waals surface area contributed by atoms with Crippen molar-refractivity contribution in [1.29, 1.82) is 5.26 Å². The molecule has 0 bridgehead atoms. The van der Waals surface area contributed by atoms with Gasteiger partial charge in [-0.3, -0.25) is 9.78 Å². The lowest BCUT2D eigenvalue weighted by atomic mass is 9.94. The van der Waals surface area contributed by atoms with E-state index in [1.54, 1.807) is 6.20 Å². The molecule has 1 aromatic heterocycles. The molecule has 1 N–H and O–H groups in total. The molecular weight excluding hydrogens is 445 g/mol. The van der Waals surface area contributed by atoms with Gasteiger partial charge in [-0.05, 0) is 62.2 Å². The molecule has 176 valence electrons. The number of amides is 1. The van der Waals surface area contributed by atoms with E-state index in [0.717, 1.165) is 28.7 Å². The van der Waals surface area contributed by atoms with E-state index < -0.39 is 11.7 Å². The summed E-state index contributed by atoms with van der Waals surface area (Å²) in [4.78, 5) is 19.2. The molecule has 1 amide bonds. The lowest BCUT2D eigenvalue weighted by molar-refractivity contribution is -0.137. The molecule has 0 aliphatic carbocycles. The number of carbonyl (C=O) groups excluding carboxylic acids is 1. The van der Waals surface area contributed by atoms with E-state index in [1.807, 2.05) is 25.1 Å². The number of ether oxygens (including phenoxy) is 1. The summed E-state index contributed by atoms with van der Waals surface area (Å²) in [7, 11) is 0. The fourth-order valence-corrected chi connectivity index (χ4v) is 4.19. The Kier molecular flexibility index (Phi) is 6.59. The number of hydrogen-bond donors (Lipinski definition) is 1. The maximum Gasteiger partial charge on any atom is 0.416 e. The number of carbonyl (C=O) groups is 1. The fraction of sp³-hybridized carbons (Fsp3) is 0.320. The molecule has 4 rings (SSSR count). The minimum Gasteiger partial charge on any atom is -0.494 e. The molecule has 2 heterocycles. The quantitative estimate of drug-likeness (QED) is 0.544. The average Bonchev–Trinajstić information content (AvgIpc) is 2.83. The first-order valence-electron chi connectivity index (χ1n) is 11.0. The van der Waals surface area contributed by atoms with Gasteiger partial charge in [0.15, 0.2) is 0 Å². The second-order valence-electron chi connectivity index (χ2n) is 8.07. The second-order valence-corrected chi connectivity index (χ2v) is 8.07. The molecule has 9 heteroatoms. The third-order valence-corrected chi connectivity index (χ3v) is 5.90. The van der Waals surface area contributed by atoms with Crippen LogP contribution in [0.2, 0.25) is 0 Å². The molecule has 3 aromatic rings. The van der Waals surface area contributed by atoms with E-state index in [0.29, 0.717) is 49.5 Å². The number of alkyl halides is 3. The van der Waals surface area contributed by atoms with Gasteiger partial charge in [0, 0.05) is 36.3 Å². The van der Waals surface area contributed by atoms with E-state index in [2.05, 4.69) is 21.3 Å². The normalized spacial score (nSPS) is 14.6. The van der Waals surface area contributed by atoms with Gasteiger partial charge in [-0.15, -0.1) is 0 Å². The number of benzene rings is 2. The first kappa shape index (κ1) is 23.4. The average molecular weight is 468 g/mol. The van der Waals surface area contributed by atoms with Crippen molar-refractivity contribution in [1.82, 2.24) is 4.98 Å². The lowest BCUT2D eigenvalue weighted by Crippen LogP contribution is -2.38. The van der Waals surface area contributed by atoms with Crippen LogP contribution in [0.5, 0.6) is 5.75 Å². The molecule has 34 heavy (non-hydrogen) atoms. The molecule has 0 atom stereocenters. The minimum atomic E-state index is -4.42. The summed E-state index contributed by atoms with van der Waals surface area (Å²) in [6.07, 6.45) is -1.77. The first-order chi connectivity index (χ1) is 16.3. The SMILES string of the molecule is CCOc1ccc2ncc(C#N)c(N3CCC(C(=O)Nc4ccc(C(F)(F)F)cc4)CC3)c2c1. The third-order valence-electron chi connectivity index (χ3n) is 5.90. The van der Waals surface area contributed by atoms with Crippen molar-refractivity contribution in [2.45, 2.75) is 25.9 Å². The van der Waals surface area contributed by atoms with Crippen LogP contribution in [0.4, 0.5) is 24.5 Å². The predicted octanol–water partition coefficient (Wildman–Crippen LogP) is 5.38. The van der Waals surface area contributed by atoms with Crippen LogP contribution in [0.15, 0.2) is 48.7 Å². The third kappa shape index (κ3) is 4.91. The number of rotatable bonds is 5. The number of piperidine rings is 1. The van der Waals surface area contributed by atoms with Gasteiger partial charge in [-0.25, -0.2) is 0 Å². The van der Waals surface area contributed by atoms with E-state index in [1.165, 1.54) is 12.1 Å². The molecule has 6 nitrogen and oxygen atoms in total. The molecule has 0 saturated carbocycles. The lowest BCUT2D eigenvalue weighted by Gasteiger charge is -2.34. The summed E-state index contributed by atoms with van der Waals surface area (Å²) in [5.41, 5.74) is 1.55. The van der Waals surface area contributed by atoms with Crippen molar-refractivity contribution in [3.63, 3.8) is 0 Å². The Morgan fingerprint density at radius 3 is 2.53 bits per heavy atom. The van der Waals surface area contributed by atoms with Crippen LogP contribution in [-0.4, -0.2) is 30.6 Å². The number of pyridine rings is 1. The maximum atomic E-state index is 12.7. The summed E-state index contributed by atoms with van der Waals surface area (Å²) in [6, 6.07) is 12.2. The van der Waals surface area contributed by atoms with Gasteiger partial charge < -0.3 is 15.0 Å². The molecule has 2 aromatic carbocycles. The Labute approximate surface area is 195 Å². The summed E-state index contributed by atoms with van der Waals surface area (Å²) >= 11 is 0. The van der Waals surface area contributed by atoms with Crippen molar-refractivity contribution in [2.24, 2.45) is 5.92 Å². The van der Waals surface area contributed by atoms with E-state index in [-0.39, 0.29) is 11.8 Å². The van der Waals surface area contributed by atoms with Crippen LogP contribution < -0.4 is 15.0 Å². The molecule has 1 saturated heterocycles. The van der Waals surface area contributed by atoms with Crippen LogP contribution >= 0.6 is 0 Å². The van der Waals surface area contributed by atoms with Crippen molar-refractivity contribution >= 4 is 28.2 Å². The number of aromatic nitrogens is 1. The minimum absolute atomic E-state index is 0.224. The highest BCUT2D eigenvalue weighted by Gasteiger charge is 2.31. The van der Waals surface area contributed by atoms with Gasteiger partial charge in [0.2, 0.25) is 5.91 Å². The number of halogens is 3. The van der Waals surface area contributed by atoms with Gasteiger partial charge in [0.1, 0.15) is 11.8 Å². The van der Waals surface area contributed by atoms with Crippen LogP contribution in [0.1, 0.15) is 30.9 Å². The Morgan fingerprint density at radius 2 is 1.91 bits per heavy atom. The number of nitriles is 1. The van der Waals surface area contributed by atoms with Gasteiger partial charge in [0.05, 0.1) is 28.9 Å². The zero-order valence-corrected chi connectivity index (χ0v) is 18.5. The monoisotopic (exact) mass is 468 g/mol. The van der Waals surface area contributed by atoms with Crippen molar-refractivity contribution in [2.75, 3.05) is 29.9 Å². The summed E-state index contributed by atoms with van der Waals surface area (Å²) in [5.74, 6) is 0.188. The Bertz CT molecular complexity index is 1230. The molecule has 1 aliphatic heterocycles. The largest absolute Gasteiger partial charge is 0.494 e. The topological polar surface area (TPSA) is 78.2 Å². The zero-order chi connectivity index (χ0) is 24.3. The second kappa shape index (κ2) is 9.59. The smallest absolute Gasteiger partial charge is 0.416 e. The number of fused-ring (bicyclic) bond motifs is 1. The van der Waals surface area contributed by atoms with Crippen LogP contribution in [0.25, 0.3) is 10.9 Å². The van der Waals surface area contributed by atoms with Crippen molar-refractivity contribution in [3.8, 4) is 11.8 Å². The van der Waals surface area contributed by atoms with Crippen molar-refractivity contribution < 1.29 is 22.7 Å². The highest BCUT2D eigenvalue weighted by Crippen LogP contribution is 2.35. The Balaban J connectivity index is 1.48. The zero-order valence-electron chi connectivity index (χ0n) is 18.5. The van der Waals surface area contributed by atoms with Gasteiger partial charge in [0.25, 0.3) is 0 Å². The fourth-order valence-electron chi connectivity index (χ4n) is 4.19.